The summed E-state index contributed by atoms with van der Waals surface area (Å²) in [7, 11) is 0. The summed E-state index contributed by atoms with van der Waals surface area (Å²) in [4.78, 5) is 17.1. The van der Waals surface area contributed by atoms with Gasteiger partial charge in [-0.1, -0.05) is 18.2 Å². The predicted octanol–water partition coefficient (Wildman–Crippen LogP) is 3.48. The molecule has 0 amide bonds. The van der Waals surface area contributed by atoms with Crippen LogP contribution in [0.25, 0.3) is 16.6 Å². The fourth-order valence-electron chi connectivity index (χ4n) is 2.56. The van der Waals surface area contributed by atoms with Crippen molar-refractivity contribution in [2.24, 2.45) is 5.73 Å². The number of nitrogens with zero attached hydrogens (tertiary/aromatic N) is 2. The Morgan fingerprint density at radius 1 is 1.17 bits per heavy atom. The topological polar surface area (TPSA) is 60.9 Å². The average Bonchev–Trinajstić information content (AvgIpc) is 2.54. The normalized spacial score (nSPS) is 12.8. The van der Waals surface area contributed by atoms with Crippen molar-refractivity contribution in [1.82, 2.24) is 9.55 Å². The van der Waals surface area contributed by atoms with Crippen molar-refractivity contribution in [2.75, 3.05) is 0 Å². The summed E-state index contributed by atoms with van der Waals surface area (Å²) in [6.45, 7) is 1.61. The van der Waals surface area contributed by atoms with Gasteiger partial charge in [0.1, 0.15) is 17.0 Å². The molecule has 3 rings (SSSR count). The third kappa shape index (κ3) is 2.67. The number of hydrogen-bond acceptors (Lipinski definition) is 3. The van der Waals surface area contributed by atoms with Gasteiger partial charge in [0.15, 0.2) is 0 Å². The monoisotopic (exact) mass is 333 g/mol. The first-order valence-electron chi connectivity index (χ1n) is 7.25. The van der Waals surface area contributed by atoms with Crippen molar-refractivity contribution in [1.29, 1.82) is 0 Å². The van der Waals surface area contributed by atoms with Crippen LogP contribution in [-0.4, -0.2) is 9.55 Å². The Bertz CT molecular complexity index is 967. The molecule has 0 bridgehead atoms. The lowest BCUT2D eigenvalue weighted by Crippen LogP contribution is -2.28. The minimum atomic E-state index is -2.69. The van der Waals surface area contributed by atoms with Crippen LogP contribution in [0.3, 0.4) is 0 Å². The van der Waals surface area contributed by atoms with Crippen molar-refractivity contribution in [3.05, 3.63) is 70.0 Å². The predicted molar refractivity (Wildman–Crippen MR) is 84.9 cm³/mol. The molecule has 2 N–H and O–H groups in total. The third-order valence-electron chi connectivity index (χ3n) is 3.66. The molecule has 124 valence electrons. The van der Waals surface area contributed by atoms with E-state index in [4.69, 9.17) is 5.73 Å². The average molecular weight is 333 g/mol. The van der Waals surface area contributed by atoms with Crippen molar-refractivity contribution in [3.63, 3.8) is 0 Å². The van der Waals surface area contributed by atoms with Crippen LogP contribution in [0.5, 0.6) is 0 Å². The van der Waals surface area contributed by atoms with E-state index in [-0.39, 0.29) is 28.0 Å². The zero-order chi connectivity index (χ0) is 17.4. The molecule has 0 saturated carbocycles. The molecule has 24 heavy (non-hydrogen) atoms. The number of aromatic nitrogens is 2. The first kappa shape index (κ1) is 16.2. The number of hydrogen-bond donors (Lipinski definition) is 1. The van der Waals surface area contributed by atoms with Crippen LogP contribution in [0, 0.1) is 5.82 Å². The molecular weight excluding hydrogens is 319 g/mol. The second-order valence-corrected chi connectivity index (χ2v) is 5.43. The molecule has 1 atom stereocenters. The maximum Gasteiger partial charge on any atom is 0.269 e. The molecule has 0 aliphatic heterocycles. The number of rotatable bonds is 3. The Morgan fingerprint density at radius 3 is 2.54 bits per heavy atom. The number of fused-ring (bicyclic) bond motifs is 1. The summed E-state index contributed by atoms with van der Waals surface area (Å²) in [5.74, 6) is -0.551. The molecule has 0 spiro atoms. The number of nitrogens with two attached hydrogens (primary N) is 1. The Kier molecular flexibility index (Phi) is 4.11. The maximum atomic E-state index is 14.1. The van der Waals surface area contributed by atoms with Gasteiger partial charge in [0, 0.05) is 5.56 Å². The molecule has 0 aliphatic rings. The van der Waals surface area contributed by atoms with Gasteiger partial charge in [0.25, 0.3) is 12.0 Å². The summed E-state index contributed by atoms with van der Waals surface area (Å²) in [5.41, 5.74) is 5.30. The van der Waals surface area contributed by atoms with Crippen LogP contribution in [0.1, 0.15) is 30.8 Å². The molecule has 7 heteroatoms. The highest BCUT2D eigenvalue weighted by Crippen LogP contribution is 2.23. The Hall–Kier alpha value is -2.67. The highest BCUT2D eigenvalue weighted by atomic mass is 19.3. The first-order chi connectivity index (χ1) is 11.4. The third-order valence-corrected chi connectivity index (χ3v) is 3.66. The summed E-state index contributed by atoms with van der Waals surface area (Å²) in [6, 6.07) is 8.75. The number of alkyl halides is 2. The van der Waals surface area contributed by atoms with E-state index in [1.807, 2.05) is 0 Å². The zero-order valence-electron chi connectivity index (χ0n) is 12.7. The van der Waals surface area contributed by atoms with E-state index in [2.05, 4.69) is 4.98 Å². The second-order valence-electron chi connectivity index (χ2n) is 5.43. The zero-order valence-corrected chi connectivity index (χ0v) is 12.7. The molecule has 1 unspecified atom stereocenters. The van der Waals surface area contributed by atoms with Gasteiger partial charge in [0.05, 0.1) is 17.2 Å². The van der Waals surface area contributed by atoms with Gasteiger partial charge < -0.3 is 5.73 Å². The van der Waals surface area contributed by atoms with Crippen LogP contribution >= 0.6 is 0 Å². The van der Waals surface area contributed by atoms with Gasteiger partial charge in [-0.2, -0.15) is 0 Å². The lowest BCUT2D eigenvalue weighted by molar-refractivity contribution is 0.151. The van der Waals surface area contributed by atoms with Gasteiger partial charge in [-0.3, -0.25) is 9.36 Å². The van der Waals surface area contributed by atoms with Crippen molar-refractivity contribution >= 4 is 10.9 Å². The van der Waals surface area contributed by atoms with E-state index >= 15 is 0 Å². The Morgan fingerprint density at radius 2 is 1.88 bits per heavy atom. The van der Waals surface area contributed by atoms with Crippen molar-refractivity contribution < 1.29 is 13.2 Å². The molecule has 0 fully saturated rings. The highest BCUT2D eigenvalue weighted by molar-refractivity contribution is 5.78. The van der Waals surface area contributed by atoms with Crippen LogP contribution < -0.4 is 11.3 Å². The SMILES string of the molecule is CC(N)c1nc2cccc(F)c2c(=O)n1-c1cccc(C(F)F)c1. The largest absolute Gasteiger partial charge is 0.322 e. The minimum absolute atomic E-state index is 0.169. The van der Waals surface area contributed by atoms with Crippen LogP contribution in [0.2, 0.25) is 0 Å². The first-order valence-corrected chi connectivity index (χ1v) is 7.25. The summed E-state index contributed by atoms with van der Waals surface area (Å²) >= 11 is 0. The molecule has 2 aromatic carbocycles. The molecule has 3 aromatic rings. The Labute approximate surface area is 135 Å². The van der Waals surface area contributed by atoms with Crippen LogP contribution in [0.4, 0.5) is 13.2 Å². The highest BCUT2D eigenvalue weighted by Gasteiger charge is 2.18. The molecule has 1 aromatic heterocycles. The quantitative estimate of drug-likeness (QED) is 0.798. The lowest BCUT2D eigenvalue weighted by Gasteiger charge is -2.16. The van der Waals surface area contributed by atoms with E-state index in [9.17, 15) is 18.0 Å². The van der Waals surface area contributed by atoms with Gasteiger partial charge in [0.2, 0.25) is 0 Å². The molecule has 0 aliphatic carbocycles. The van der Waals surface area contributed by atoms with Crippen molar-refractivity contribution in [2.45, 2.75) is 19.4 Å². The summed E-state index contributed by atoms with van der Waals surface area (Å²) in [5, 5.41) is -0.204. The fraction of sp³-hybridized carbons (Fsp3) is 0.176. The van der Waals surface area contributed by atoms with Crippen LogP contribution in [-0.2, 0) is 0 Å². The van der Waals surface area contributed by atoms with E-state index < -0.39 is 23.8 Å². The van der Waals surface area contributed by atoms with E-state index in [0.29, 0.717) is 0 Å². The molecule has 1 heterocycles. The summed E-state index contributed by atoms with van der Waals surface area (Å²) < 4.78 is 41.1. The van der Waals surface area contributed by atoms with E-state index in [0.717, 1.165) is 10.6 Å². The van der Waals surface area contributed by atoms with Gasteiger partial charge in [-0.05, 0) is 31.2 Å². The van der Waals surface area contributed by atoms with Gasteiger partial charge in [-0.15, -0.1) is 0 Å². The lowest BCUT2D eigenvalue weighted by atomic mass is 10.1. The van der Waals surface area contributed by atoms with Crippen molar-refractivity contribution in [3.8, 4) is 5.69 Å². The van der Waals surface area contributed by atoms with Gasteiger partial charge in [-0.25, -0.2) is 18.2 Å². The second kappa shape index (κ2) is 6.09. The van der Waals surface area contributed by atoms with Gasteiger partial charge >= 0.3 is 0 Å². The molecule has 0 saturated heterocycles. The van der Waals surface area contributed by atoms with Crippen LogP contribution in [0.15, 0.2) is 47.3 Å². The molecule has 4 nitrogen and oxygen atoms in total. The maximum absolute atomic E-state index is 14.1. The molecular formula is C17H14F3N3O. The Balaban J connectivity index is 2.40. The smallest absolute Gasteiger partial charge is 0.269 e. The minimum Gasteiger partial charge on any atom is -0.322 e. The van der Waals surface area contributed by atoms with E-state index in [1.165, 1.54) is 36.4 Å². The number of benzene rings is 2. The fourth-order valence-corrected chi connectivity index (χ4v) is 2.56. The molecule has 0 radical (unpaired) electrons. The van der Waals surface area contributed by atoms with E-state index in [1.54, 1.807) is 6.92 Å². The summed E-state index contributed by atoms with van der Waals surface area (Å²) in [6.07, 6.45) is -2.69. The standard InChI is InChI=1S/C17H14F3N3O/c1-9(21)16-22-13-7-3-6-12(18)14(13)17(24)23(16)11-5-2-4-10(8-11)15(19)20/h2-9,15H,21H2,1H3. The number of halogens is 3.